The SMILES string of the molecule is CC1(C)O[C@H]2C=CC=C(C3=CC=C[C@@H]4OC(C)(C)O[C@H]34)[C@H]2O1. The van der Waals surface area contributed by atoms with Crippen molar-refractivity contribution in [2.24, 2.45) is 0 Å². The van der Waals surface area contributed by atoms with Gasteiger partial charge in [-0.25, -0.2) is 0 Å². The Labute approximate surface area is 131 Å². The van der Waals surface area contributed by atoms with Crippen molar-refractivity contribution in [3.8, 4) is 0 Å². The number of fused-ring (bicyclic) bond motifs is 2. The first-order chi connectivity index (χ1) is 10.3. The summed E-state index contributed by atoms with van der Waals surface area (Å²) >= 11 is 0. The Morgan fingerprint density at radius 2 is 1.09 bits per heavy atom. The third-order valence-electron chi connectivity index (χ3n) is 4.36. The molecule has 4 aliphatic rings. The molecule has 0 bridgehead atoms. The van der Waals surface area contributed by atoms with Gasteiger partial charge < -0.3 is 18.9 Å². The molecular formula is C18H22O4. The summed E-state index contributed by atoms with van der Waals surface area (Å²) < 4.78 is 24.1. The fraction of sp³-hybridized carbons (Fsp3) is 0.556. The molecule has 0 unspecified atom stereocenters. The maximum atomic E-state index is 6.12. The molecule has 4 atom stereocenters. The van der Waals surface area contributed by atoms with Crippen LogP contribution in [0.25, 0.3) is 0 Å². The van der Waals surface area contributed by atoms with Crippen LogP contribution in [0.5, 0.6) is 0 Å². The van der Waals surface area contributed by atoms with E-state index in [1.54, 1.807) is 0 Å². The Hall–Kier alpha value is -1.20. The predicted octanol–water partition coefficient (Wildman–Crippen LogP) is 3.02. The van der Waals surface area contributed by atoms with Crippen molar-refractivity contribution in [3.05, 3.63) is 47.6 Å². The van der Waals surface area contributed by atoms with E-state index >= 15 is 0 Å². The zero-order valence-corrected chi connectivity index (χ0v) is 13.4. The number of rotatable bonds is 1. The molecular weight excluding hydrogens is 280 g/mol. The molecule has 0 spiro atoms. The Morgan fingerprint density at radius 3 is 1.50 bits per heavy atom. The van der Waals surface area contributed by atoms with E-state index in [-0.39, 0.29) is 24.4 Å². The molecule has 22 heavy (non-hydrogen) atoms. The summed E-state index contributed by atoms with van der Waals surface area (Å²) in [5.41, 5.74) is 2.25. The van der Waals surface area contributed by atoms with Gasteiger partial charge in [0.25, 0.3) is 0 Å². The summed E-state index contributed by atoms with van der Waals surface area (Å²) in [5, 5.41) is 0. The van der Waals surface area contributed by atoms with Crippen LogP contribution >= 0.6 is 0 Å². The van der Waals surface area contributed by atoms with E-state index in [2.05, 4.69) is 24.3 Å². The lowest BCUT2D eigenvalue weighted by atomic mass is 9.86. The average molecular weight is 302 g/mol. The molecule has 0 radical (unpaired) electrons. The number of ether oxygens (including phenoxy) is 4. The second kappa shape index (κ2) is 4.65. The van der Waals surface area contributed by atoms with Crippen LogP contribution in [-0.2, 0) is 18.9 Å². The van der Waals surface area contributed by atoms with Crippen LogP contribution in [0, 0.1) is 0 Å². The first-order valence-electron chi connectivity index (χ1n) is 7.83. The molecule has 0 saturated carbocycles. The van der Waals surface area contributed by atoms with Crippen LogP contribution < -0.4 is 0 Å². The van der Waals surface area contributed by atoms with E-state index < -0.39 is 11.6 Å². The summed E-state index contributed by atoms with van der Waals surface area (Å²) in [4.78, 5) is 0. The molecule has 2 aliphatic heterocycles. The molecule has 0 aromatic heterocycles. The highest BCUT2D eigenvalue weighted by Crippen LogP contribution is 2.43. The van der Waals surface area contributed by atoms with Crippen molar-refractivity contribution in [1.82, 2.24) is 0 Å². The summed E-state index contributed by atoms with van der Waals surface area (Å²) in [7, 11) is 0. The summed E-state index contributed by atoms with van der Waals surface area (Å²) in [5.74, 6) is -1.14. The Kier molecular flexibility index (Phi) is 3.04. The van der Waals surface area contributed by atoms with Crippen molar-refractivity contribution in [1.29, 1.82) is 0 Å². The molecule has 2 saturated heterocycles. The van der Waals surface area contributed by atoms with Gasteiger partial charge in [0, 0.05) is 0 Å². The van der Waals surface area contributed by atoms with Crippen LogP contribution in [0.15, 0.2) is 47.6 Å². The second-order valence-corrected chi connectivity index (χ2v) is 7.06. The number of hydrogen-bond donors (Lipinski definition) is 0. The second-order valence-electron chi connectivity index (χ2n) is 7.06. The normalized spacial score (nSPS) is 40.9. The van der Waals surface area contributed by atoms with E-state index in [9.17, 15) is 0 Å². The van der Waals surface area contributed by atoms with Crippen LogP contribution in [0.4, 0.5) is 0 Å². The smallest absolute Gasteiger partial charge is 0.164 e. The van der Waals surface area contributed by atoms with Crippen LogP contribution in [0.3, 0.4) is 0 Å². The van der Waals surface area contributed by atoms with Crippen molar-refractivity contribution in [2.75, 3.05) is 0 Å². The fourth-order valence-electron chi connectivity index (χ4n) is 3.59. The predicted molar refractivity (Wildman–Crippen MR) is 82.1 cm³/mol. The highest BCUT2D eigenvalue weighted by atomic mass is 16.8. The largest absolute Gasteiger partial charge is 0.340 e. The highest BCUT2D eigenvalue weighted by molar-refractivity contribution is 5.48. The van der Waals surface area contributed by atoms with Gasteiger partial charge in [0.15, 0.2) is 11.6 Å². The lowest BCUT2D eigenvalue weighted by Crippen LogP contribution is -2.33. The molecule has 2 heterocycles. The van der Waals surface area contributed by atoms with Crippen LogP contribution in [0.1, 0.15) is 27.7 Å². The maximum Gasteiger partial charge on any atom is 0.164 e. The minimum absolute atomic E-state index is 0.0458. The summed E-state index contributed by atoms with van der Waals surface area (Å²) in [6, 6.07) is 0. The van der Waals surface area contributed by atoms with Crippen LogP contribution in [0.2, 0.25) is 0 Å². The van der Waals surface area contributed by atoms with E-state index in [1.807, 2.05) is 39.8 Å². The van der Waals surface area contributed by atoms with Gasteiger partial charge in [-0.05, 0) is 38.8 Å². The van der Waals surface area contributed by atoms with Crippen LogP contribution in [-0.4, -0.2) is 36.0 Å². The lowest BCUT2D eigenvalue weighted by molar-refractivity contribution is -0.142. The van der Waals surface area contributed by atoms with Gasteiger partial charge in [-0.2, -0.15) is 0 Å². The maximum absolute atomic E-state index is 6.12. The lowest BCUT2D eigenvalue weighted by Gasteiger charge is -2.28. The van der Waals surface area contributed by atoms with Gasteiger partial charge >= 0.3 is 0 Å². The Bertz CT molecular complexity index is 555. The van der Waals surface area contributed by atoms with Gasteiger partial charge in [0.2, 0.25) is 0 Å². The molecule has 2 fully saturated rings. The molecule has 0 N–H and O–H groups in total. The van der Waals surface area contributed by atoms with Crippen molar-refractivity contribution >= 4 is 0 Å². The summed E-state index contributed by atoms with van der Waals surface area (Å²) in [6.07, 6.45) is 12.1. The molecule has 0 aromatic rings. The topological polar surface area (TPSA) is 36.9 Å². The number of hydrogen-bond acceptors (Lipinski definition) is 4. The van der Waals surface area contributed by atoms with E-state index in [0.29, 0.717) is 0 Å². The summed E-state index contributed by atoms with van der Waals surface area (Å²) in [6.45, 7) is 7.81. The van der Waals surface area contributed by atoms with Gasteiger partial charge in [-0.3, -0.25) is 0 Å². The Morgan fingerprint density at radius 1 is 0.682 bits per heavy atom. The monoisotopic (exact) mass is 302 g/mol. The van der Waals surface area contributed by atoms with E-state index in [0.717, 1.165) is 11.1 Å². The van der Waals surface area contributed by atoms with E-state index in [1.165, 1.54) is 0 Å². The van der Waals surface area contributed by atoms with Gasteiger partial charge in [0.1, 0.15) is 24.4 Å². The van der Waals surface area contributed by atoms with Gasteiger partial charge in [-0.1, -0.05) is 36.5 Å². The third kappa shape index (κ3) is 2.31. The molecule has 4 rings (SSSR count). The quantitative estimate of drug-likeness (QED) is 0.746. The van der Waals surface area contributed by atoms with Gasteiger partial charge in [-0.15, -0.1) is 0 Å². The zero-order chi connectivity index (χ0) is 15.5. The standard InChI is InChI=1S/C18H22O4/c1-17(2)19-13-9-5-7-11(15(13)21-17)12-8-6-10-14-16(12)22-18(3,4)20-14/h5-10,13-16H,1-4H3/t13-,14-,15+,16+/m0/s1. The molecule has 2 aliphatic carbocycles. The minimum atomic E-state index is -0.570. The minimum Gasteiger partial charge on any atom is -0.340 e. The molecule has 4 heteroatoms. The molecule has 118 valence electrons. The third-order valence-corrected chi connectivity index (χ3v) is 4.36. The van der Waals surface area contributed by atoms with Crippen molar-refractivity contribution in [2.45, 2.75) is 63.7 Å². The fourth-order valence-corrected chi connectivity index (χ4v) is 3.59. The highest BCUT2D eigenvalue weighted by Gasteiger charge is 2.48. The number of allylic oxidation sites excluding steroid dienone is 4. The zero-order valence-electron chi connectivity index (χ0n) is 13.4. The molecule has 4 nitrogen and oxygen atoms in total. The first-order valence-corrected chi connectivity index (χ1v) is 7.83. The molecule has 0 aromatic carbocycles. The van der Waals surface area contributed by atoms with Crippen molar-refractivity contribution < 1.29 is 18.9 Å². The van der Waals surface area contributed by atoms with Crippen molar-refractivity contribution in [3.63, 3.8) is 0 Å². The average Bonchev–Trinajstić information content (AvgIpc) is 2.90. The first kappa shape index (κ1) is 14.4. The van der Waals surface area contributed by atoms with E-state index in [4.69, 9.17) is 18.9 Å². The Balaban J connectivity index is 1.67. The molecule has 0 amide bonds. The van der Waals surface area contributed by atoms with Gasteiger partial charge in [0.05, 0.1) is 0 Å².